The molecule has 3 aromatic rings. The van der Waals surface area contributed by atoms with E-state index in [0.29, 0.717) is 17.1 Å². The average molecular weight is 364 g/mol. The first-order chi connectivity index (χ1) is 12.6. The standard InChI is InChI=1S/C21H20N2O2S/c1-16-11-13-18(14-12-16)21-22-19-9-5-6-10-20(19)26(24,25)23(21)15-17-7-3-2-4-8-17/h2-14,21-22H,15H2,1H3/t21-/m0/s1. The number of anilines is 1. The van der Waals surface area contributed by atoms with Gasteiger partial charge in [-0.3, -0.25) is 0 Å². The Labute approximate surface area is 154 Å². The molecule has 1 heterocycles. The molecular formula is C21H20N2O2S. The summed E-state index contributed by atoms with van der Waals surface area (Å²) >= 11 is 0. The number of nitrogens with zero attached hydrogens (tertiary/aromatic N) is 1. The summed E-state index contributed by atoms with van der Waals surface area (Å²) in [5.74, 6) is 0. The minimum absolute atomic E-state index is 0.309. The van der Waals surface area contributed by atoms with Crippen molar-refractivity contribution in [1.29, 1.82) is 0 Å². The Morgan fingerprint density at radius 3 is 2.27 bits per heavy atom. The monoisotopic (exact) mass is 364 g/mol. The van der Waals surface area contributed by atoms with Crippen LogP contribution in [0.15, 0.2) is 83.8 Å². The van der Waals surface area contributed by atoms with Gasteiger partial charge in [-0.05, 0) is 30.2 Å². The molecule has 0 spiro atoms. The van der Waals surface area contributed by atoms with Crippen LogP contribution < -0.4 is 5.32 Å². The van der Waals surface area contributed by atoms with Crippen molar-refractivity contribution in [2.45, 2.75) is 24.5 Å². The molecular weight excluding hydrogens is 344 g/mol. The molecule has 4 nitrogen and oxygen atoms in total. The fourth-order valence-electron chi connectivity index (χ4n) is 3.23. The second kappa shape index (κ2) is 6.59. The first kappa shape index (κ1) is 16.8. The van der Waals surface area contributed by atoms with Gasteiger partial charge in [0.15, 0.2) is 0 Å². The molecule has 3 aromatic carbocycles. The van der Waals surface area contributed by atoms with E-state index >= 15 is 0 Å². The van der Waals surface area contributed by atoms with E-state index < -0.39 is 16.2 Å². The highest BCUT2D eigenvalue weighted by atomic mass is 32.2. The zero-order valence-electron chi connectivity index (χ0n) is 14.5. The lowest BCUT2D eigenvalue weighted by atomic mass is 10.1. The largest absolute Gasteiger partial charge is 0.364 e. The van der Waals surface area contributed by atoms with Gasteiger partial charge in [0.25, 0.3) is 0 Å². The average Bonchev–Trinajstić information content (AvgIpc) is 2.66. The van der Waals surface area contributed by atoms with Crippen LogP contribution >= 0.6 is 0 Å². The van der Waals surface area contributed by atoms with Crippen LogP contribution in [0.3, 0.4) is 0 Å². The third-order valence-corrected chi connectivity index (χ3v) is 6.50. The first-order valence-electron chi connectivity index (χ1n) is 8.53. The van der Waals surface area contributed by atoms with E-state index in [9.17, 15) is 8.42 Å². The fourth-order valence-corrected chi connectivity index (χ4v) is 4.91. The van der Waals surface area contributed by atoms with E-state index in [1.54, 1.807) is 12.1 Å². The van der Waals surface area contributed by atoms with Gasteiger partial charge in [0.05, 0.1) is 5.69 Å². The van der Waals surface area contributed by atoms with Crippen LogP contribution in [-0.4, -0.2) is 12.7 Å². The SMILES string of the molecule is Cc1ccc([C@H]2Nc3ccccc3S(=O)(=O)N2Cc2ccccc2)cc1. The summed E-state index contributed by atoms with van der Waals surface area (Å²) in [5.41, 5.74) is 3.66. The number of fused-ring (bicyclic) bond motifs is 1. The number of hydrogen-bond acceptors (Lipinski definition) is 3. The third kappa shape index (κ3) is 3.00. The van der Waals surface area contributed by atoms with Gasteiger partial charge in [0.1, 0.15) is 11.1 Å². The van der Waals surface area contributed by atoms with Crippen molar-refractivity contribution in [3.63, 3.8) is 0 Å². The number of aryl methyl sites for hydroxylation is 1. The van der Waals surface area contributed by atoms with Gasteiger partial charge in [0, 0.05) is 6.54 Å². The molecule has 0 bridgehead atoms. The summed E-state index contributed by atoms with van der Waals surface area (Å²) in [6.45, 7) is 2.33. The maximum Gasteiger partial charge on any atom is 0.247 e. The van der Waals surface area contributed by atoms with Crippen molar-refractivity contribution < 1.29 is 8.42 Å². The van der Waals surface area contributed by atoms with Crippen LogP contribution in [0.25, 0.3) is 0 Å². The highest BCUT2D eigenvalue weighted by molar-refractivity contribution is 7.89. The van der Waals surface area contributed by atoms with Crippen molar-refractivity contribution >= 4 is 15.7 Å². The van der Waals surface area contributed by atoms with Crippen LogP contribution in [0, 0.1) is 6.92 Å². The summed E-state index contributed by atoms with van der Waals surface area (Å²) in [5, 5.41) is 3.41. The molecule has 1 aliphatic rings. The summed E-state index contributed by atoms with van der Waals surface area (Å²) in [4.78, 5) is 0.319. The molecule has 0 radical (unpaired) electrons. The van der Waals surface area contributed by atoms with Crippen molar-refractivity contribution in [2.75, 3.05) is 5.32 Å². The molecule has 0 aromatic heterocycles. The van der Waals surface area contributed by atoms with Crippen LogP contribution in [0.2, 0.25) is 0 Å². The Bertz CT molecular complexity index is 1020. The van der Waals surface area contributed by atoms with Crippen LogP contribution in [0.1, 0.15) is 22.9 Å². The number of benzene rings is 3. The lowest BCUT2D eigenvalue weighted by molar-refractivity contribution is 0.336. The highest BCUT2D eigenvalue weighted by Gasteiger charge is 2.38. The second-order valence-electron chi connectivity index (χ2n) is 6.49. The Morgan fingerprint density at radius 1 is 0.885 bits per heavy atom. The number of nitrogens with one attached hydrogen (secondary N) is 1. The molecule has 5 heteroatoms. The van der Waals surface area contributed by atoms with Crippen LogP contribution in [0.4, 0.5) is 5.69 Å². The normalized spacial score (nSPS) is 18.7. The zero-order chi connectivity index (χ0) is 18.1. The molecule has 0 aliphatic carbocycles. The molecule has 4 rings (SSSR count). The quantitative estimate of drug-likeness (QED) is 0.753. The van der Waals surface area contributed by atoms with Gasteiger partial charge in [-0.15, -0.1) is 0 Å². The third-order valence-electron chi connectivity index (χ3n) is 4.63. The minimum Gasteiger partial charge on any atom is -0.364 e. The van der Waals surface area contributed by atoms with E-state index in [1.807, 2.05) is 73.7 Å². The van der Waals surface area contributed by atoms with E-state index in [4.69, 9.17) is 0 Å². The van der Waals surface area contributed by atoms with Gasteiger partial charge in [-0.25, -0.2) is 8.42 Å². The predicted octanol–water partition coefficient (Wildman–Crippen LogP) is 4.31. The van der Waals surface area contributed by atoms with Crippen molar-refractivity contribution in [3.05, 3.63) is 95.6 Å². The first-order valence-corrected chi connectivity index (χ1v) is 9.97. The number of para-hydroxylation sites is 1. The Kier molecular flexibility index (Phi) is 4.26. The maximum absolute atomic E-state index is 13.3. The van der Waals surface area contributed by atoms with Crippen LogP contribution in [-0.2, 0) is 16.6 Å². The van der Waals surface area contributed by atoms with Gasteiger partial charge < -0.3 is 5.32 Å². The summed E-state index contributed by atoms with van der Waals surface area (Å²) in [7, 11) is -3.62. The fraction of sp³-hybridized carbons (Fsp3) is 0.143. The molecule has 1 atom stereocenters. The van der Waals surface area contributed by atoms with Gasteiger partial charge in [-0.1, -0.05) is 72.3 Å². The molecule has 0 saturated heterocycles. The van der Waals surface area contributed by atoms with Crippen molar-refractivity contribution in [2.24, 2.45) is 0 Å². The van der Waals surface area contributed by atoms with E-state index in [2.05, 4.69) is 5.32 Å². The van der Waals surface area contributed by atoms with Crippen molar-refractivity contribution in [3.8, 4) is 0 Å². The number of rotatable bonds is 3. The second-order valence-corrected chi connectivity index (χ2v) is 8.35. The molecule has 0 saturated carbocycles. The Morgan fingerprint density at radius 2 is 1.54 bits per heavy atom. The maximum atomic E-state index is 13.3. The van der Waals surface area contributed by atoms with Gasteiger partial charge >= 0.3 is 0 Å². The molecule has 26 heavy (non-hydrogen) atoms. The van der Waals surface area contributed by atoms with Crippen LogP contribution in [0.5, 0.6) is 0 Å². The summed E-state index contributed by atoms with van der Waals surface area (Å²) < 4.78 is 28.2. The Balaban J connectivity index is 1.83. The van der Waals surface area contributed by atoms with Crippen molar-refractivity contribution in [1.82, 2.24) is 4.31 Å². The van der Waals surface area contributed by atoms with Gasteiger partial charge in [0.2, 0.25) is 10.0 Å². The molecule has 0 amide bonds. The predicted molar refractivity (Wildman–Crippen MR) is 103 cm³/mol. The molecule has 0 unspecified atom stereocenters. The number of sulfonamides is 1. The van der Waals surface area contributed by atoms with E-state index in [-0.39, 0.29) is 0 Å². The molecule has 0 fully saturated rings. The van der Waals surface area contributed by atoms with Gasteiger partial charge in [-0.2, -0.15) is 4.31 Å². The van der Waals surface area contributed by atoms with E-state index in [1.165, 1.54) is 4.31 Å². The number of hydrogen-bond donors (Lipinski definition) is 1. The molecule has 1 aliphatic heterocycles. The minimum atomic E-state index is -3.62. The summed E-state index contributed by atoms with van der Waals surface area (Å²) in [6.07, 6.45) is -0.448. The topological polar surface area (TPSA) is 49.4 Å². The zero-order valence-corrected chi connectivity index (χ0v) is 15.3. The summed E-state index contributed by atoms with van der Waals surface area (Å²) in [6, 6.07) is 24.7. The molecule has 1 N–H and O–H groups in total. The smallest absolute Gasteiger partial charge is 0.247 e. The Hall–Kier alpha value is -2.63. The van der Waals surface area contributed by atoms with E-state index in [0.717, 1.165) is 16.7 Å². The lowest BCUT2D eigenvalue weighted by Gasteiger charge is -2.37. The lowest BCUT2D eigenvalue weighted by Crippen LogP contribution is -2.42. The highest BCUT2D eigenvalue weighted by Crippen LogP contribution is 2.39. The molecule has 132 valence electrons.